The van der Waals surface area contributed by atoms with Crippen LogP contribution in [-0.4, -0.2) is 36.8 Å². The van der Waals surface area contributed by atoms with Crippen LogP contribution in [0.15, 0.2) is 71.5 Å². The molecule has 3 aromatic carbocycles. The van der Waals surface area contributed by atoms with E-state index in [1.807, 2.05) is 72.8 Å². The number of hydrogen-bond donors (Lipinski definition) is 0. The lowest BCUT2D eigenvalue weighted by atomic mass is 10.2. The van der Waals surface area contributed by atoms with E-state index in [4.69, 9.17) is 18.9 Å². The van der Waals surface area contributed by atoms with Crippen molar-refractivity contribution < 1.29 is 18.9 Å². The summed E-state index contributed by atoms with van der Waals surface area (Å²) in [7, 11) is 3.21. The maximum absolute atomic E-state index is 13.0. The van der Waals surface area contributed by atoms with Crippen molar-refractivity contribution in [2.24, 2.45) is 0 Å². The van der Waals surface area contributed by atoms with E-state index >= 15 is 0 Å². The molecule has 5 rings (SSSR count). The van der Waals surface area contributed by atoms with E-state index in [1.165, 1.54) is 11.3 Å². The molecule has 0 aliphatic carbocycles. The van der Waals surface area contributed by atoms with Gasteiger partial charge in [0.15, 0.2) is 16.5 Å². The van der Waals surface area contributed by atoms with E-state index in [0.29, 0.717) is 34.2 Å². The third-order valence-corrected chi connectivity index (χ3v) is 6.27. The van der Waals surface area contributed by atoms with Gasteiger partial charge in [-0.05, 0) is 60.2 Å². The molecule has 2 heterocycles. The Labute approximate surface area is 199 Å². The number of nitrogens with zero attached hydrogens (tertiary/aromatic N) is 2. The summed E-state index contributed by atoms with van der Waals surface area (Å²) in [4.78, 5) is 18.2. The average molecular weight is 475 g/mol. The van der Waals surface area contributed by atoms with Crippen LogP contribution in [0.5, 0.6) is 23.0 Å². The molecule has 0 saturated heterocycles. The Morgan fingerprint density at radius 3 is 2.44 bits per heavy atom. The van der Waals surface area contributed by atoms with Gasteiger partial charge in [-0.15, -0.1) is 0 Å². The van der Waals surface area contributed by atoms with Gasteiger partial charge < -0.3 is 18.9 Å². The first-order valence-corrected chi connectivity index (χ1v) is 11.5. The van der Waals surface area contributed by atoms with E-state index in [9.17, 15) is 4.79 Å². The normalized spacial score (nSPS) is 11.8. The highest BCUT2D eigenvalue weighted by Crippen LogP contribution is 2.28. The monoisotopic (exact) mass is 474 g/mol. The average Bonchev–Trinajstić information content (AvgIpc) is 3.38. The molecular formula is C26H22N2O5S. The molecule has 34 heavy (non-hydrogen) atoms. The summed E-state index contributed by atoms with van der Waals surface area (Å²) < 4.78 is 24.5. The largest absolute Gasteiger partial charge is 0.497 e. The van der Waals surface area contributed by atoms with Crippen molar-refractivity contribution >= 4 is 33.4 Å². The van der Waals surface area contributed by atoms with Crippen molar-refractivity contribution in [1.82, 2.24) is 9.38 Å². The highest BCUT2D eigenvalue weighted by atomic mass is 32.1. The first-order valence-electron chi connectivity index (χ1n) is 10.7. The number of fused-ring (bicyclic) bond motifs is 3. The lowest BCUT2D eigenvalue weighted by Crippen LogP contribution is -2.22. The lowest BCUT2D eigenvalue weighted by molar-refractivity contribution is 0.211. The van der Waals surface area contributed by atoms with Gasteiger partial charge in [0.1, 0.15) is 24.7 Å². The van der Waals surface area contributed by atoms with Gasteiger partial charge in [0.05, 0.1) is 29.8 Å². The summed E-state index contributed by atoms with van der Waals surface area (Å²) in [5.41, 5.74) is 2.39. The van der Waals surface area contributed by atoms with Crippen LogP contribution in [0.1, 0.15) is 5.56 Å². The maximum atomic E-state index is 13.0. The van der Waals surface area contributed by atoms with Crippen molar-refractivity contribution in [3.8, 4) is 23.0 Å². The second kappa shape index (κ2) is 9.44. The van der Waals surface area contributed by atoms with Crippen LogP contribution in [0.25, 0.3) is 22.1 Å². The van der Waals surface area contributed by atoms with Gasteiger partial charge in [0.25, 0.3) is 5.56 Å². The summed E-state index contributed by atoms with van der Waals surface area (Å²) in [5.74, 6) is 2.70. The summed E-state index contributed by atoms with van der Waals surface area (Å²) in [6, 6.07) is 20.6. The van der Waals surface area contributed by atoms with Gasteiger partial charge in [-0.1, -0.05) is 29.5 Å². The minimum Gasteiger partial charge on any atom is -0.497 e. The molecule has 172 valence electrons. The van der Waals surface area contributed by atoms with Crippen LogP contribution in [-0.2, 0) is 0 Å². The smallest absolute Gasteiger partial charge is 0.274 e. The van der Waals surface area contributed by atoms with Crippen molar-refractivity contribution in [3.63, 3.8) is 0 Å². The van der Waals surface area contributed by atoms with Gasteiger partial charge in [-0.25, -0.2) is 9.38 Å². The number of thiazole rings is 1. The highest BCUT2D eigenvalue weighted by Gasteiger charge is 2.11. The van der Waals surface area contributed by atoms with Crippen molar-refractivity contribution in [1.29, 1.82) is 0 Å². The summed E-state index contributed by atoms with van der Waals surface area (Å²) in [6.45, 7) is 0.733. The number of benzene rings is 3. The van der Waals surface area contributed by atoms with E-state index in [1.54, 1.807) is 18.6 Å². The fourth-order valence-corrected chi connectivity index (χ4v) is 4.63. The van der Waals surface area contributed by atoms with Crippen LogP contribution in [0.4, 0.5) is 0 Å². The molecule has 0 atom stereocenters. The standard InChI is InChI=1S/C26H22N2O5S/c1-30-18-8-10-19(11-9-18)32-13-14-33-22-12-7-17(15-23(22)31-2)16-24-25(29)28-21-6-4-3-5-20(21)27-26(28)34-24/h3-12,15-16H,13-14H2,1-2H3/b24-16+. The Bertz CT molecular complexity index is 1560. The fraction of sp³-hybridized carbons (Fsp3) is 0.154. The van der Waals surface area contributed by atoms with Crippen LogP contribution in [0, 0.1) is 0 Å². The second-order valence-electron chi connectivity index (χ2n) is 7.42. The minimum absolute atomic E-state index is 0.0799. The number of imidazole rings is 1. The minimum atomic E-state index is -0.0799. The van der Waals surface area contributed by atoms with Gasteiger partial charge in [-0.2, -0.15) is 0 Å². The molecule has 0 fully saturated rings. The molecule has 0 bridgehead atoms. The summed E-state index contributed by atoms with van der Waals surface area (Å²) in [5, 5.41) is 0. The Hall–Kier alpha value is -4.04. The van der Waals surface area contributed by atoms with Crippen LogP contribution in [0.3, 0.4) is 0 Å². The van der Waals surface area contributed by atoms with Crippen LogP contribution >= 0.6 is 11.3 Å². The predicted molar refractivity (Wildman–Crippen MR) is 133 cm³/mol. The molecule has 0 N–H and O–H groups in total. The number of rotatable bonds is 8. The fourth-order valence-electron chi connectivity index (χ4n) is 3.64. The number of methoxy groups -OCH3 is 2. The molecular weight excluding hydrogens is 452 g/mol. The van der Waals surface area contributed by atoms with E-state index in [-0.39, 0.29) is 5.56 Å². The number of ether oxygens (including phenoxy) is 4. The highest BCUT2D eigenvalue weighted by molar-refractivity contribution is 7.15. The molecule has 5 aromatic rings. The third-order valence-electron chi connectivity index (χ3n) is 5.30. The van der Waals surface area contributed by atoms with Gasteiger partial charge in [0.2, 0.25) is 0 Å². The zero-order valence-electron chi connectivity index (χ0n) is 18.7. The maximum Gasteiger partial charge on any atom is 0.274 e. The van der Waals surface area contributed by atoms with Gasteiger partial charge >= 0.3 is 0 Å². The first kappa shape index (κ1) is 21.8. The summed E-state index contributed by atoms with van der Waals surface area (Å²) in [6.07, 6.45) is 1.84. The zero-order chi connectivity index (χ0) is 23.5. The number of hydrogen-bond acceptors (Lipinski definition) is 7. The molecule has 2 aromatic heterocycles. The molecule has 0 aliphatic heterocycles. The molecule has 0 saturated carbocycles. The van der Waals surface area contributed by atoms with Crippen LogP contribution < -0.4 is 29.0 Å². The molecule has 0 aliphatic rings. The zero-order valence-corrected chi connectivity index (χ0v) is 19.5. The van der Waals surface area contributed by atoms with Gasteiger partial charge in [-0.3, -0.25) is 4.79 Å². The van der Waals surface area contributed by atoms with Crippen molar-refractivity contribution in [3.05, 3.63) is 87.2 Å². The van der Waals surface area contributed by atoms with Crippen LogP contribution in [0.2, 0.25) is 0 Å². The van der Waals surface area contributed by atoms with E-state index < -0.39 is 0 Å². The van der Waals surface area contributed by atoms with E-state index in [2.05, 4.69) is 4.98 Å². The predicted octanol–water partition coefficient (Wildman–Crippen LogP) is 3.93. The van der Waals surface area contributed by atoms with E-state index in [0.717, 1.165) is 28.1 Å². The van der Waals surface area contributed by atoms with Gasteiger partial charge in [0, 0.05) is 0 Å². The molecule has 7 nitrogen and oxygen atoms in total. The second-order valence-corrected chi connectivity index (χ2v) is 8.43. The Balaban J connectivity index is 1.31. The SMILES string of the molecule is COc1ccc(OCCOc2ccc(/C=c3/sc4nc5ccccc5n4c3=O)cc2OC)cc1. The molecule has 0 amide bonds. The Kier molecular flexibility index (Phi) is 6.05. The first-order chi connectivity index (χ1) is 16.7. The topological polar surface area (TPSA) is 71.3 Å². The molecule has 0 unspecified atom stereocenters. The van der Waals surface area contributed by atoms with Crippen molar-refractivity contribution in [2.45, 2.75) is 0 Å². The Morgan fingerprint density at radius 2 is 1.65 bits per heavy atom. The molecule has 0 spiro atoms. The summed E-state index contributed by atoms with van der Waals surface area (Å²) >= 11 is 1.37. The molecule has 8 heteroatoms. The third kappa shape index (κ3) is 4.27. The Morgan fingerprint density at radius 1 is 0.882 bits per heavy atom. The lowest BCUT2D eigenvalue weighted by Gasteiger charge is -2.12. The quantitative estimate of drug-likeness (QED) is 0.318. The molecule has 0 radical (unpaired) electrons. The number of aromatic nitrogens is 2. The van der Waals surface area contributed by atoms with Crippen molar-refractivity contribution in [2.75, 3.05) is 27.4 Å². The number of para-hydroxylation sites is 2.